The lowest BCUT2D eigenvalue weighted by Crippen LogP contribution is -2.22. The molecule has 0 fully saturated rings. The molecule has 2 nitrogen and oxygen atoms in total. The minimum absolute atomic E-state index is 0.133. The van der Waals surface area contributed by atoms with Crippen molar-refractivity contribution in [2.75, 3.05) is 5.32 Å². The predicted octanol–water partition coefficient (Wildman–Crippen LogP) is 4.91. The lowest BCUT2D eigenvalue weighted by Gasteiger charge is -2.16. The standard InChI is InChI=1S/C15H22BrNO/c1-4-6-12(7-5-2)15(18)17-14-9-8-11(3)10-13(14)16/h8-10,12H,4-7H2,1-3H3,(H,17,18). The number of hydrogen-bond acceptors (Lipinski definition) is 1. The topological polar surface area (TPSA) is 29.1 Å². The van der Waals surface area contributed by atoms with Crippen molar-refractivity contribution in [3.8, 4) is 0 Å². The maximum absolute atomic E-state index is 12.2. The second-order valence-electron chi connectivity index (χ2n) is 4.75. The van der Waals surface area contributed by atoms with Crippen LogP contribution in [-0.4, -0.2) is 5.91 Å². The Morgan fingerprint density at radius 1 is 1.28 bits per heavy atom. The average Bonchev–Trinajstić information content (AvgIpc) is 2.32. The van der Waals surface area contributed by atoms with E-state index in [-0.39, 0.29) is 11.8 Å². The number of hydrogen-bond donors (Lipinski definition) is 1. The van der Waals surface area contributed by atoms with Crippen LogP contribution < -0.4 is 5.32 Å². The van der Waals surface area contributed by atoms with Crippen LogP contribution in [0, 0.1) is 12.8 Å². The molecule has 1 aromatic rings. The highest BCUT2D eigenvalue weighted by atomic mass is 79.9. The first kappa shape index (κ1) is 15.2. The largest absolute Gasteiger partial charge is 0.325 e. The molecule has 0 aliphatic rings. The normalized spacial score (nSPS) is 10.7. The summed E-state index contributed by atoms with van der Waals surface area (Å²) in [5, 5.41) is 3.02. The molecule has 0 aromatic heterocycles. The van der Waals surface area contributed by atoms with E-state index in [4.69, 9.17) is 0 Å². The van der Waals surface area contributed by atoms with Crippen molar-refractivity contribution in [3.63, 3.8) is 0 Å². The van der Waals surface area contributed by atoms with Gasteiger partial charge in [0.05, 0.1) is 5.69 Å². The molecule has 18 heavy (non-hydrogen) atoms. The van der Waals surface area contributed by atoms with Crippen LogP contribution in [0.25, 0.3) is 0 Å². The van der Waals surface area contributed by atoms with E-state index in [0.29, 0.717) is 0 Å². The van der Waals surface area contributed by atoms with Crippen LogP contribution in [0.5, 0.6) is 0 Å². The van der Waals surface area contributed by atoms with Crippen molar-refractivity contribution >= 4 is 27.5 Å². The van der Waals surface area contributed by atoms with Gasteiger partial charge in [-0.15, -0.1) is 0 Å². The Balaban J connectivity index is 2.72. The van der Waals surface area contributed by atoms with E-state index in [0.717, 1.165) is 35.8 Å². The molecule has 1 amide bonds. The SMILES string of the molecule is CCCC(CCC)C(=O)Nc1ccc(C)cc1Br. The summed E-state index contributed by atoms with van der Waals surface area (Å²) < 4.78 is 0.947. The molecule has 0 heterocycles. The highest BCUT2D eigenvalue weighted by molar-refractivity contribution is 9.10. The van der Waals surface area contributed by atoms with Crippen LogP contribution in [0.2, 0.25) is 0 Å². The Hall–Kier alpha value is -0.830. The predicted molar refractivity (Wildman–Crippen MR) is 80.8 cm³/mol. The van der Waals surface area contributed by atoms with Crippen molar-refractivity contribution < 1.29 is 4.79 Å². The van der Waals surface area contributed by atoms with Gasteiger partial charge in [0.15, 0.2) is 0 Å². The van der Waals surface area contributed by atoms with Crippen molar-refractivity contribution in [1.29, 1.82) is 0 Å². The molecule has 100 valence electrons. The number of aryl methyl sites for hydroxylation is 1. The van der Waals surface area contributed by atoms with E-state index >= 15 is 0 Å². The Labute approximate surface area is 118 Å². The fourth-order valence-corrected chi connectivity index (χ4v) is 2.65. The number of nitrogens with one attached hydrogen (secondary N) is 1. The quantitative estimate of drug-likeness (QED) is 0.794. The van der Waals surface area contributed by atoms with E-state index in [1.807, 2.05) is 25.1 Å². The van der Waals surface area contributed by atoms with Gasteiger partial charge in [0, 0.05) is 10.4 Å². The highest BCUT2D eigenvalue weighted by Crippen LogP contribution is 2.25. The molecule has 0 aliphatic heterocycles. The van der Waals surface area contributed by atoms with Crippen molar-refractivity contribution in [2.45, 2.75) is 46.5 Å². The van der Waals surface area contributed by atoms with E-state index in [2.05, 4.69) is 35.1 Å². The summed E-state index contributed by atoms with van der Waals surface area (Å²) >= 11 is 3.49. The minimum atomic E-state index is 0.133. The number of carbonyl (C=O) groups is 1. The Morgan fingerprint density at radius 2 is 1.89 bits per heavy atom. The maximum Gasteiger partial charge on any atom is 0.227 e. The molecular formula is C15H22BrNO. The van der Waals surface area contributed by atoms with Crippen LogP contribution in [0.4, 0.5) is 5.69 Å². The van der Waals surface area contributed by atoms with Crippen LogP contribution >= 0.6 is 15.9 Å². The second kappa shape index (κ2) is 7.57. The van der Waals surface area contributed by atoms with E-state index in [9.17, 15) is 4.79 Å². The molecule has 3 heteroatoms. The van der Waals surface area contributed by atoms with Gasteiger partial charge in [0.1, 0.15) is 0 Å². The smallest absolute Gasteiger partial charge is 0.227 e. The zero-order chi connectivity index (χ0) is 13.5. The Morgan fingerprint density at radius 3 is 2.39 bits per heavy atom. The summed E-state index contributed by atoms with van der Waals surface area (Å²) in [7, 11) is 0. The summed E-state index contributed by atoms with van der Waals surface area (Å²) in [6.07, 6.45) is 4.02. The number of halogens is 1. The molecular weight excluding hydrogens is 290 g/mol. The maximum atomic E-state index is 12.2. The van der Waals surface area contributed by atoms with Gasteiger partial charge < -0.3 is 5.32 Å². The lowest BCUT2D eigenvalue weighted by atomic mass is 9.97. The number of rotatable bonds is 6. The van der Waals surface area contributed by atoms with Crippen LogP contribution in [0.15, 0.2) is 22.7 Å². The molecule has 0 unspecified atom stereocenters. The molecule has 0 atom stereocenters. The third-order valence-corrected chi connectivity index (χ3v) is 3.68. The fraction of sp³-hybridized carbons (Fsp3) is 0.533. The third-order valence-electron chi connectivity index (χ3n) is 3.03. The number of amides is 1. The first-order valence-corrected chi connectivity index (χ1v) is 7.44. The van der Waals surface area contributed by atoms with Gasteiger partial charge in [-0.25, -0.2) is 0 Å². The molecule has 0 radical (unpaired) electrons. The number of anilines is 1. The van der Waals surface area contributed by atoms with E-state index in [1.54, 1.807) is 0 Å². The number of benzene rings is 1. The highest BCUT2D eigenvalue weighted by Gasteiger charge is 2.17. The summed E-state index contributed by atoms with van der Waals surface area (Å²) in [6, 6.07) is 5.98. The first-order valence-electron chi connectivity index (χ1n) is 6.65. The number of carbonyl (C=O) groups excluding carboxylic acids is 1. The zero-order valence-electron chi connectivity index (χ0n) is 11.4. The molecule has 0 saturated heterocycles. The van der Waals surface area contributed by atoms with Gasteiger partial charge >= 0.3 is 0 Å². The molecule has 1 rings (SSSR count). The molecule has 1 N–H and O–H groups in total. The summed E-state index contributed by atoms with van der Waals surface area (Å²) in [5.74, 6) is 0.274. The van der Waals surface area contributed by atoms with Crippen molar-refractivity contribution in [1.82, 2.24) is 0 Å². The van der Waals surface area contributed by atoms with Gasteiger partial charge in [0.2, 0.25) is 5.91 Å². The van der Waals surface area contributed by atoms with Gasteiger partial charge in [-0.1, -0.05) is 32.8 Å². The van der Waals surface area contributed by atoms with Crippen LogP contribution in [-0.2, 0) is 4.79 Å². The van der Waals surface area contributed by atoms with Crippen molar-refractivity contribution in [2.24, 2.45) is 5.92 Å². The van der Waals surface area contributed by atoms with Crippen LogP contribution in [0.3, 0.4) is 0 Å². The molecule has 0 saturated carbocycles. The van der Waals surface area contributed by atoms with Crippen molar-refractivity contribution in [3.05, 3.63) is 28.2 Å². The summed E-state index contributed by atoms with van der Waals surface area (Å²) in [6.45, 7) is 6.28. The Kier molecular flexibility index (Phi) is 6.41. The molecule has 1 aromatic carbocycles. The fourth-order valence-electron chi connectivity index (χ4n) is 2.06. The van der Waals surface area contributed by atoms with E-state index in [1.165, 1.54) is 5.56 Å². The van der Waals surface area contributed by atoms with Gasteiger partial charge in [-0.3, -0.25) is 4.79 Å². The van der Waals surface area contributed by atoms with Crippen LogP contribution in [0.1, 0.15) is 45.1 Å². The second-order valence-corrected chi connectivity index (χ2v) is 5.60. The average molecular weight is 312 g/mol. The third kappa shape index (κ3) is 4.45. The molecule has 0 spiro atoms. The van der Waals surface area contributed by atoms with Gasteiger partial charge in [-0.05, 0) is 53.4 Å². The minimum Gasteiger partial charge on any atom is -0.325 e. The zero-order valence-corrected chi connectivity index (χ0v) is 13.0. The van der Waals surface area contributed by atoms with Gasteiger partial charge in [0.25, 0.3) is 0 Å². The molecule has 0 aliphatic carbocycles. The molecule has 0 bridgehead atoms. The summed E-state index contributed by atoms with van der Waals surface area (Å²) in [4.78, 5) is 12.2. The van der Waals surface area contributed by atoms with Gasteiger partial charge in [-0.2, -0.15) is 0 Å². The first-order chi connectivity index (χ1) is 8.58. The van der Waals surface area contributed by atoms with E-state index < -0.39 is 0 Å². The lowest BCUT2D eigenvalue weighted by molar-refractivity contribution is -0.120. The summed E-state index contributed by atoms with van der Waals surface area (Å²) in [5.41, 5.74) is 2.04. The monoisotopic (exact) mass is 311 g/mol. The Bertz CT molecular complexity index is 397.